The Kier molecular flexibility index (Phi) is 5.82. The van der Waals surface area contributed by atoms with Gasteiger partial charge in [-0.3, -0.25) is 0 Å². The van der Waals surface area contributed by atoms with Gasteiger partial charge in [0.2, 0.25) is 0 Å². The van der Waals surface area contributed by atoms with Crippen LogP contribution < -0.4 is 5.32 Å². The number of ether oxygens (including phenoxy) is 1. The van der Waals surface area contributed by atoms with Gasteiger partial charge in [0.05, 0.1) is 12.7 Å². The normalized spacial score (nSPS) is 10.4. The average molecular weight is 398 g/mol. The van der Waals surface area contributed by atoms with Gasteiger partial charge in [-0.1, -0.05) is 24.3 Å². The third kappa shape index (κ3) is 4.37. The van der Waals surface area contributed by atoms with Crippen molar-refractivity contribution >= 4 is 17.8 Å². The third-order valence-electron chi connectivity index (χ3n) is 4.24. The molecule has 3 aromatic rings. The van der Waals surface area contributed by atoms with Crippen molar-refractivity contribution in [1.82, 2.24) is 4.98 Å². The van der Waals surface area contributed by atoms with Crippen LogP contribution in [-0.2, 0) is 11.3 Å². The number of carbonyl (C=O) groups excluding carboxylic acids is 1. The Morgan fingerprint density at radius 1 is 1.10 bits per heavy atom. The molecule has 0 saturated heterocycles. The quantitative estimate of drug-likeness (QED) is 0.607. The van der Waals surface area contributed by atoms with Gasteiger partial charge in [0.15, 0.2) is 0 Å². The van der Waals surface area contributed by atoms with Crippen LogP contribution in [-0.4, -0.2) is 29.1 Å². The molecule has 0 saturated carbocycles. The number of esters is 1. The molecule has 0 atom stereocenters. The summed E-state index contributed by atoms with van der Waals surface area (Å²) in [4.78, 5) is 26.7. The zero-order valence-electron chi connectivity index (χ0n) is 15.3. The summed E-state index contributed by atoms with van der Waals surface area (Å²) in [5, 5.41) is 11.8. The number of hydrogen-bond donors (Lipinski definition) is 2. The molecule has 0 radical (unpaired) electrons. The van der Waals surface area contributed by atoms with E-state index in [-0.39, 0.29) is 23.2 Å². The first-order valence-corrected chi connectivity index (χ1v) is 8.49. The molecule has 8 heteroatoms. The smallest absolute Gasteiger partial charge is 0.341 e. The van der Waals surface area contributed by atoms with Gasteiger partial charge in [0.25, 0.3) is 0 Å². The number of methoxy groups -OCH3 is 1. The van der Waals surface area contributed by atoms with E-state index in [0.717, 1.165) is 13.2 Å². The number of nitrogens with one attached hydrogen (secondary N) is 1. The lowest BCUT2D eigenvalue weighted by Crippen LogP contribution is -2.07. The Morgan fingerprint density at radius 3 is 2.52 bits per heavy atom. The van der Waals surface area contributed by atoms with Crippen LogP contribution in [0, 0.1) is 11.6 Å². The molecule has 6 nitrogen and oxygen atoms in total. The van der Waals surface area contributed by atoms with Gasteiger partial charge in [-0.25, -0.2) is 23.4 Å². The SMILES string of the molecule is COC(=O)c1c(F)cccc1-c1ccc(CNc2ccc(C(=O)O)cn2)c(F)c1. The molecule has 0 spiro atoms. The maximum absolute atomic E-state index is 14.6. The molecule has 0 unspecified atom stereocenters. The highest BCUT2D eigenvalue weighted by Gasteiger charge is 2.19. The zero-order chi connectivity index (χ0) is 21.0. The summed E-state index contributed by atoms with van der Waals surface area (Å²) in [5.74, 6) is -2.86. The van der Waals surface area contributed by atoms with Crippen LogP contribution in [0.2, 0.25) is 0 Å². The molecule has 1 heterocycles. The van der Waals surface area contributed by atoms with E-state index in [4.69, 9.17) is 5.11 Å². The van der Waals surface area contributed by atoms with E-state index in [1.807, 2.05) is 0 Å². The Hall–Kier alpha value is -3.81. The predicted molar refractivity (Wildman–Crippen MR) is 102 cm³/mol. The predicted octanol–water partition coefficient (Wildman–Crippen LogP) is 4.12. The summed E-state index contributed by atoms with van der Waals surface area (Å²) in [6.07, 6.45) is 1.20. The number of carboxylic acid groups (broad SMARTS) is 1. The van der Waals surface area contributed by atoms with E-state index >= 15 is 0 Å². The number of aromatic nitrogens is 1. The molecule has 0 bridgehead atoms. The van der Waals surface area contributed by atoms with Gasteiger partial charge in [-0.15, -0.1) is 0 Å². The number of rotatable bonds is 6. The number of nitrogens with zero attached hydrogens (tertiary/aromatic N) is 1. The molecule has 0 aliphatic carbocycles. The number of carboxylic acids is 1. The van der Waals surface area contributed by atoms with E-state index in [9.17, 15) is 18.4 Å². The van der Waals surface area contributed by atoms with Crippen molar-refractivity contribution in [3.63, 3.8) is 0 Å². The Labute approximate surface area is 164 Å². The molecule has 2 N–H and O–H groups in total. The van der Waals surface area contributed by atoms with E-state index in [0.29, 0.717) is 16.9 Å². The van der Waals surface area contributed by atoms with E-state index < -0.39 is 23.6 Å². The lowest BCUT2D eigenvalue weighted by atomic mass is 9.98. The second-order valence-corrected chi connectivity index (χ2v) is 6.05. The van der Waals surface area contributed by atoms with Crippen molar-refractivity contribution in [2.24, 2.45) is 0 Å². The number of benzene rings is 2. The molecule has 0 amide bonds. The zero-order valence-corrected chi connectivity index (χ0v) is 15.3. The van der Waals surface area contributed by atoms with Crippen LogP contribution in [0.4, 0.5) is 14.6 Å². The highest BCUT2D eigenvalue weighted by atomic mass is 19.1. The Balaban J connectivity index is 1.82. The van der Waals surface area contributed by atoms with Crippen molar-refractivity contribution < 1.29 is 28.2 Å². The highest BCUT2D eigenvalue weighted by molar-refractivity contribution is 5.97. The molecule has 0 fully saturated rings. The first-order chi connectivity index (χ1) is 13.9. The number of carbonyl (C=O) groups is 2. The van der Waals surface area contributed by atoms with Gasteiger partial charge in [0.1, 0.15) is 23.0 Å². The first-order valence-electron chi connectivity index (χ1n) is 8.49. The molecule has 3 rings (SSSR count). The monoisotopic (exact) mass is 398 g/mol. The van der Waals surface area contributed by atoms with Gasteiger partial charge in [-0.2, -0.15) is 0 Å². The fraction of sp³-hybridized carbons (Fsp3) is 0.0952. The maximum Gasteiger partial charge on any atom is 0.341 e. The lowest BCUT2D eigenvalue weighted by molar-refractivity contribution is 0.0595. The fourth-order valence-corrected chi connectivity index (χ4v) is 2.74. The molecule has 2 aromatic carbocycles. The molecular weight excluding hydrogens is 382 g/mol. The summed E-state index contributed by atoms with van der Waals surface area (Å²) < 4.78 is 33.3. The Morgan fingerprint density at radius 2 is 1.90 bits per heavy atom. The van der Waals surface area contributed by atoms with Crippen LogP contribution in [0.5, 0.6) is 0 Å². The number of anilines is 1. The standard InChI is InChI=1S/C21H16F2N2O4/c1-29-21(28)19-15(3-2-4-16(19)22)12-5-6-13(17(23)9-12)10-24-18-8-7-14(11-25-18)20(26)27/h2-9,11H,10H2,1H3,(H,24,25)(H,26,27). The summed E-state index contributed by atoms with van der Waals surface area (Å²) in [7, 11) is 1.14. The fourth-order valence-electron chi connectivity index (χ4n) is 2.74. The third-order valence-corrected chi connectivity index (χ3v) is 4.24. The van der Waals surface area contributed by atoms with Crippen molar-refractivity contribution in [2.45, 2.75) is 6.54 Å². The minimum Gasteiger partial charge on any atom is -0.478 e. The van der Waals surface area contributed by atoms with E-state index in [1.54, 1.807) is 6.07 Å². The van der Waals surface area contributed by atoms with Crippen molar-refractivity contribution in [1.29, 1.82) is 0 Å². The van der Waals surface area contributed by atoms with Gasteiger partial charge >= 0.3 is 11.9 Å². The molecular formula is C21H16F2N2O4. The van der Waals surface area contributed by atoms with E-state index in [2.05, 4.69) is 15.0 Å². The lowest BCUT2D eigenvalue weighted by Gasteiger charge is -2.11. The van der Waals surface area contributed by atoms with E-state index in [1.165, 1.54) is 42.6 Å². The summed E-state index contributed by atoms with van der Waals surface area (Å²) in [6.45, 7) is 0.0958. The Bertz CT molecular complexity index is 1070. The minimum absolute atomic E-state index is 0.0441. The van der Waals surface area contributed by atoms with Crippen molar-refractivity contribution in [3.8, 4) is 11.1 Å². The molecule has 29 heavy (non-hydrogen) atoms. The maximum atomic E-state index is 14.6. The van der Waals surface area contributed by atoms with Crippen LogP contribution in [0.15, 0.2) is 54.7 Å². The number of halogens is 2. The van der Waals surface area contributed by atoms with Crippen LogP contribution in [0.25, 0.3) is 11.1 Å². The van der Waals surface area contributed by atoms with Crippen LogP contribution in [0.3, 0.4) is 0 Å². The minimum atomic E-state index is -1.09. The second kappa shape index (κ2) is 8.47. The number of hydrogen-bond acceptors (Lipinski definition) is 5. The first kappa shape index (κ1) is 19.9. The van der Waals surface area contributed by atoms with Crippen LogP contribution in [0.1, 0.15) is 26.3 Å². The molecule has 0 aliphatic rings. The number of pyridine rings is 1. The van der Waals surface area contributed by atoms with Gasteiger partial charge < -0.3 is 15.2 Å². The largest absolute Gasteiger partial charge is 0.478 e. The molecule has 1 aromatic heterocycles. The van der Waals surface area contributed by atoms with Crippen molar-refractivity contribution in [2.75, 3.05) is 12.4 Å². The topological polar surface area (TPSA) is 88.5 Å². The second-order valence-electron chi connectivity index (χ2n) is 6.05. The molecule has 148 valence electrons. The van der Waals surface area contributed by atoms with Crippen molar-refractivity contribution in [3.05, 3.63) is 83.1 Å². The molecule has 0 aliphatic heterocycles. The average Bonchev–Trinajstić information content (AvgIpc) is 2.72. The summed E-state index contributed by atoms with van der Waals surface area (Å²) >= 11 is 0. The van der Waals surface area contributed by atoms with Gasteiger partial charge in [0, 0.05) is 18.3 Å². The summed E-state index contributed by atoms with van der Waals surface area (Å²) in [5.41, 5.74) is 0.649. The van der Waals surface area contributed by atoms with Crippen LogP contribution >= 0.6 is 0 Å². The summed E-state index contributed by atoms with van der Waals surface area (Å²) in [6, 6.07) is 11.2. The highest BCUT2D eigenvalue weighted by Crippen LogP contribution is 2.28. The number of aromatic carboxylic acids is 1. The van der Waals surface area contributed by atoms with Gasteiger partial charge in [-0.05, 0) is 35.4 Å².